The third-order valence-corrected chi connectivity index (χ3v) is 4.42. The average molecular weight is 420 g/mol. The fourth-order valence-electron chi connectivity index (χ4n) is 2.72. The number of hydrogen-bond donors (Lipinski definition) is 2. The molecule has 2 aromatic carbocycles. The Kier molecular flexibility index (Phi) is 6.23. The van der Waals surface area contributed by atoms with Crippen LogP contribution in [0.15, 0.2) is 47.0 Å². The molecule has 0 aliphatic heterocycles. The van der Waals surface area contributed by atoms with Crippen molar-refractivity contribution in [2.45, 2.75) is 6.92 Å². The number of halogens is 3. The second-order valence-electron chi connectivity index (χ2n) is 6.05. The molecular weight excluding hydrogens is 404 g/mol. The number of carbonyl (C=O) groups excluding carboxylic acids is 2. The molecule has 9 heteroatoms. The number of carbonyl (C=O) groups is 2. The molecule has 0 saturated carbocycles. The zero-order valence-corrected chi connectivity index (χ0v) is 16.0. The van der Waals surface area contributed by atoms with Crippen molar-refractivity contribution in [1.29, 1.82) is 0 Å². The molecule has 0 bridgehead atoms. The molecule has 0 atom stereocenters. The zero-order valence-electron chi connectivity index (χ0n) is 15.3. The number of aromatic nitrogens is 1. The van der Waals surface area contributed by atoms with Crippen LogP contribution < -0.4 is 10.6 Å². The summed E-state index contributed by atoms with van der Waals surface area (Å²) in [4.78, 5) is 24.5. The smallest absolute Gasteiger partial charge is 0.257 e. The lowest BCUT2D eigenvalue weighted by Crippen LogP contribution is -2.35. The van der Waals surface area contributed by atoms with Crippen LogP contribution in [0.2, 0.25) is 5.02 Å². The molecule has 2 amide bonds. The summed E-state index contributed by atoms with van der Waals surface area (Å²) in [6.07, 6.45) is 0. The minimum Gasteiger partial charge on any atom is -0.360 e. The van der Waals surface area contributed by atoms with E-state index in [1.807, 2.05) is 0 Å². The SMILES string of the molecule is Cc1onc(-c2c(F)cccc2Cl)c1C(=O)NCCNC(=O)c1ccccc1F. The highest BCUT2D eigenvalue weighted by molar-refractivity contribution is 6.33. The molecule has 1 aromatic heterocycles. The van der Waals surface area contributed by atoms with Gasteiger partial charge in [0, 0.05) is 13.1 Å². The lowest BCUT2D eigenvalue weighted by molar-refractivity contribution is 0.0925. The number of rotatable bonds is 6. The fraction of sp³-hybridized carbons (Fsp3) is 0.150. The Morgan fingerprint density at radius 2 is 1.66 bits per heavy atom. The van der Waals surface area contributed by atoms with Gasteiger partial charge >= 0.3 is 0 Å². The first kappa shape index (κ1) is 20.5. The average Bonchev–Trinajstić information content (AvgIpc) is 3.06. The van der Waals surface area contributed by atoms with E-state index in [9.17, 15) is 18.4 Å². The predicted molar refractivity (Wildman–Crippen MR) is 103 cm³/mol. The van der Waals surface area contributed by atoms with Crippen molar-refractivity contribution in [3.8, 4) is 11.3 Å². The van der Waals surface area contributed by atoms with Crippen molar-refractivity contribution in [3.05, 3.63) is 76.0 Å². The minimum absolute atomic E-state index is 0.0153. The van der Waals surface area contributed by atoms with E-state index < -0.39 is 23.4 Å². The van der Waals surface area contributed by atoms with Crippen molar-refractivity contribution in [2.24, 2.45) is 0 Å². The maximum absolute atomic E-state index is 14.2. The van der Waals surface area contributed by atoms with Crippen LogP contribution in [-0.2, 0) is 0 Å². The number of nitrogens with one attached hydrogen (secondary N) is 2. The summed E-state index contributed by atoms with van der Waals surface area (Å²) in [5.74, 6) is -2.26. The van der Waals surface area contributed by atoms with E-state index >= 15 is 0 Å². The second kappa shape index (κ2) is 8.83. The maximum atomic E-state index is 14.2. The van der Waals surface area contributed by atoms with E-state index in [1.54, 1.807) is 6.07 Å². The van der Waals surface area contributed by atoms with Crippen LogP contribution in [0.4, 0.5) is 8.78 Å². The Hall–Kier alpha value is -3.26. The van der Waals surface area contributed by atoms with Crippen LogP contribution >= 0.6 is 11.6 Å². The Morgan fingerprint density at radius 1 is 1.00 bits per heavy atom. The van der Waals surface area contributed by atoms with Gasteiger partial charge in [0.2, 0.25) is 0 Å². The quantitative estimate of drug-likeness (QED) is 0.596. The van der Waals surface area contributed by atoms with Gasteiger partial charge in [-0.05, 0) is 31.2 Å². The molecule has 0 spiro atoms. The summed E-state index contributed by atoms with van der Waals surface area (Å²) in [6, 6.07) is 9.67. The highest BCUT2D eigenvalue weighted by Gasteiger charge is 2.25. The van der Waals surface area contributed by atoms with Gasteiger partial charge in [-0.2, -0.15) is 0 Å². The van der Waals surface area contributed by atoms with E-state index in [4.69, 9.17) is 16.1 Å². The summed E-state index contributed by atoms with van der Waals surface area (Å²) in [7, 11) is 0. The number of aryl methyl sites for hydroxylation is 1. The number of hydrogen-bond acceptors (Lipinski definition) is 4. The van der Waals surface area contributed by atoms with Gasteiger partial charge in [0.25, 0.3) is 11.8 Å². The molecule has 1 heterocycles. The molecule has 6 nitrogen and oxygen atoms in total. The van der Waals surface area contributed by atoms with E-state index in [2.05, 4.69) is 15.8 Å². The topological polar surface area (TPSA) is 84.2 Å². The molecule has 0 fully saturated rings. The molecule has 0 unspecified atom stereocenters. The van der Waals surface area contributed by atoms with E-state index in [1.165, 1.54) is 43.3 Å². The molecule has 2 N–H and O–H groups in total. The van der Waals surface area contributed by atoms with Gasteiger partial charge < -0.3 is 15.2 Å². The Bertz CT molecular complexity index is 1050. The first-order valence-corrected chi connectivity index (χ1v) is 8.99. The molecule has 0 aliphatic carbocycles. The van der Waals surface area contributed by atoms with Crippen molar-refractivity contribution in [2.75, 3.05) is 13.1 Å². The van der Waals surface area contributed by atoms with E-state index in [0.29, 0.717) is 0 Å². The summed E-state index contributed by atoms with van der Waals surface area (Å²) in [6.45, 7) is 1.62. The summed E-state index contributed by atoms with van der Waals surface area (Å²) in [5, 5.41) is 8.94. The van der Waals surface area contributed by atoms with Crippen molar-refractivity contribution in [1.82, 2.24) is 15.8 Å². The molecule has 0 radical (unpaired) electrons. The van der Waals surface area contributed by atoms with Crippen molar-refractivity contribution >= 4 is 23.4 Å². The molecule has 150 valence electrons. The largest absolute Gasteiger partial charge is 0.360 e. The van der Waals surface area contributed by atoms with Crippen LogP contribution in [0.1, 0.15) is 26.5 Å². The molecule has 0 saturated heterocycles. The third-order valence-electron chi connectivity index (χ3n) is 4.10. The number of amides is 2. The van der Waals surface area contributed by atoms with Gasteiger partial charge in [0.15, 0.2) is 0 Å². The molecule has 0 aliphatic rings. The predicted octanol–water partition coefficient (Wildman–Crippen LogP) is 3.74. The van der Waals surface area contributed by atoms with Crippen LogP contribution in [0.5, 0.6) is 0 Å². The molecule has 29 heavy (non-hydrogen) atoms. The normalized spacial score (nSPS) is 10.6. The van der Waals surface area contributed by atoms with Crippen LogP contribution in [0.25, 0.3) is 11.3 Å². The van der Waals surface area contributed by atoms with Gasteiger partial charge in [0.05, 0.1) is 16.1 Å². The number of nitrogens with zero attached hydrogens (tertiary/aromatic N) is 1. The van der Waals surface area contributed by atoms with Crippen LogP contribution in [0, 0.1) is 18.6 Å². The highest BCUT2D eigenvalue weighted by atomic mass is 35.5. The van der Waals surface area contributed by atoms with Crippen molar-refractivity contribution < 1.29 is 22.9 Å². The maximum Gasteiger partial charge on any atom is 0.257 e. The monoisotopic (exact) mass is 419 g/mol. The van der Waals surface area contributed by atoms with E-state index in [0.717, 1.165) is 0 Å². The van der Waals surface area contributed by atoms with Gasteiger partial charge in [-0.25, -0.2) is 8.78 Å². The Morgan fingerprint density at radius 3 is 2.34 bits per heavy atom. The van der Waals surface area contributed by atoms with Gasteiger partial charge in [0.1, 0.15) is 28.7 Å². The zero-order chi connectivity index (χ0) is 21.0. The lowest BCUT2D eigenvalue weighted by Gasteiger charge is -2.09. The van der Waals surface area contributed by atoms with Gasteiger partial charge in [-0.1, -0.05) is 35.0 Å². The second-order valence-corrected chi connectivity index (χ2v) is 6.46. The first-order valence-electron chi connectivity index (χ1n) is 8.61. The Balaban J connectivity index is 1.66. The Labute approximate surface area is 169 Å². The molecule has 3 aromatic rings. The van der Waals surface area contributed by atoms with Gasteiger partial charge in [-0.15, -0.1) is 0 Å². The lowest BCUT2D eigenvalue weighted by atomic mass is 10.0. The number of benzene rings is 2. The van der Waals surface area contributed by atoms with Crippen molar-refractivity contribution in [3.63, 3.8) is 0 Å². The third kappa shape index (κ3) is 4.43. The molecule has 3 rings (SSSR count). The fourth-order valence-corrected chi connectivity index (χ4v) is 2.97. The van der Waals surface area contributed by atoms with Crippen LogP contribution in [0.3, 0.4) is 0 Å². The standard InChI is InChI=1S/C20H16ClF2N3O3/c1-11-16(18(26-29-11)17-13(21)6-4-8-15(17)23)20(28)25-10-9-24-19(27)12-5-2-3-7-14(12)22/h2-8H,9-10H2,1H3,(H,24,27)(H,25,28). The first-order chi connectivity index (χ1) is 13.9. The van der Waals surface area contributed by atoms with E-state index in [-0.39, 0.29) is 46.3 Å². The highest BCUT2D eigenvalue weighted by Crippen LogP contribution is 2.33. The molecular formula is C20H16ClF2N3O3. The minimum atomic E-state index is -0.642. The van der Waals surface area contributed by atoms with Gasteiger partial charge in [-0.3, -0.25) is 9.59 Å². The summed E-state index contributed by atoms with van der Waals surface area (Å²) in [5.41, 5.74) is -0.106. The summed E-state index contributed by atoms with van der Waals surface area (Å²) >= 11 is 6.05. The van der Waals surface area contributed by atoms with Crippen LogP contribution in [-0.4, -0.2) is 30.1 Å². The summed E-state index contributed by atoms with van der Waals surface area (Å²) < 4.78 is 32.8.